The van der Waals surface area contributed by atoms with Crippen molar-refractivity contribution in [3.63, 3.8) is 0 Å². The summed E-state index contributed by atoms with van der Waals surface area (Å²) in [5.74, 6) is -0.0513. The van der Waals surface area contributed by atoms with Gasteiger partial charge in [0.1, 0.15) is 6.10 Å². The zero-order valence-corrected chi connectivity index (χ0v) is 11.4. The van der Waals surface area contributed by atoms with Crippen molar-refractivity contribution in [3.8, 4) is 5.88 Å². The van der Waals surface area contributed by atoms with Crippen LogP contribution in [0.4, 0.5) is 13.2 Å². The number of nitrogens with zero attached hydrogens (tertiary/aromatic N) is 2. The van der Waals surface area contributed by atoms with Crippen LogP contribution in [-0.2, 0) is 11.0 Å². The Bertz CT molecular complexity index is 502. The highest BCUT2D eigenvalue weighted by molar-refractivity contribution is 5.81. The topological polar surface area (TPSA) is 68.5 Å². The van der Waals surface area contributed by atoms with Crippen molar-refractivity contribution >= 4 is 5.91 Å². The van der Waals surface area contributed by atoms with Gasteiger partial charge in [0.25, 0.3) is 0 Å². The normalized spacial score (nSPS) is 20.4. The van der Waals surface area contributed by atoms with Crippen molar-refractivity contribution in [2.45, 2.75) is 31.7 Å². The molecule has 2 atom stereocenters. The number of halogens is 3. The van der Waals surface area contributed by atoms with E-state index >= 15 is 0 Å². The van der Waals surface area contributed by atoms with Crippen LogP contribution < -0.4 is 10.5 Å². The predicted octanol–water partition coefficient (Wildman–Crippen LogP) is 1.43. The third-order valence-corrected chi connectivity index (χ3v) is 3.20. The summed E-state index contributed by atoms with van der Waals surface area (Å²) in [7, 11) is 0. The molecular formula is C13H16F3N3O2. The van der Waals surface area contributed by atoms with E-state index in [2.05, 4.69) is 4.98 Å². The molecule has 1 saturated heterocycles. The molecule has 5 nitrogen and oxygen atoms in total. The minimum atomic E-state index is -4.42. The maximum absolute atomic E-state index is 12.4. The Morgan fingerprint density at radius 1 is 1.52 bits per heavy atom. The minimum absolute atomic E-state index is 0.114. The summed E-state index contributed by atoms with van der Waals surface area (Å²) in [6, 6.07) is 1.52. The largest absolute Gasteiger partial charge is 0.472 e. The first-order chi connectivity index (χ1) is 9.77. The third kappa shape index (κ3) is 3.84. The lowest BCUT2D eigenvalue weighted by molar-refractivity contribution is -0.138. The van der Waals surface area contributed by atoms with Gasteiger partial charge in [-0.1, -0.05) is 0 Å². The minimum Gasteiger partial charge on any atom is -0.472 e. The molecule has 1 fully saturated rings. The summed E-state index contributed by atoms with van der Waals surface area (Å²) >= 11 is 0. The van der Waals surface area contributed by atoms with Crippen LogP contribution in [0, 0.1) is 0 Å². The van der Waals surface area contributed by atoms with Crippen LogP contribution in [0.1, 0.15) is 18.9 Å². The second-order valence-corrected chi connectivity index (χ2v) is 4.98. The number of rotatable bonds is 3. The molecule has 2 N–H and O–H groups in total. The fourth-order valence-corrected chi connectivity index (χ4v) is 2.10. The van der Waals surface area contributed by atoms with Crippen molar-refractivity contribution in [2.75, 3.05) is 13.1 Å². The van der Waals surface area contributed by atoms with Crippen LogP contribution in [0.2, 0.25) is 0 Å². The monoisotopic (exact) mass is 303 g/mol. The molecular weight excluding hydrogens is 287 g/mol. The Kier molecular flexibility index (Phi) is 4.36. The van der Waals surface area contributed by atoms with Gasteiger partial charge >= 0.3 is 6.18 Å². The highest BCUT2D eigenvalue weighted by Crippen LogP contribution is 2.29. The second-order valence-electron chi connectivity index (χ2n) is 4.98. The number of hydrogen-bond acceptors (Lipinski definition) is 4. The van der Waals surface area contributed by atoms with Gasteiger partial charge in [-0.05, 0) is 13.0 Å². The van der Waals surface area contributed by atoms with E-state index in [-0.39, 0.29) is 17.9 Å². The molecule has 0 unspecified atom stereocenters. The SMILES string of the molecule is C[C@H](N)C(=O)N1CC[C@@H](Oc2ccc(C(F)(F)F)cn2)C1. The third-order valence-electron chi connectivity index (χ3n) is 3.20. The van der Waals surface area contributed by atoms with Crippen molar-refractivity contribution < 1.29 is 22.7 Å². The molecule has 2 heterocycles. The van der Waals surface area contributed by atoms with Gasteiger partial charge in [0.2, 0.25) is 11.8 Å². The quantitative estimate of drug-likeness (QED) is 0.917. The van der Waals surface area contributed by atoms with E-state index in [9.17, 15) is 18.0 Å². The second kappa shape index (κ2) is 5.88. The van der Waals surface area contributed by atoms with Crippen LogP contribution in [0.25, 0.3) is 0 Å². The standard InChI is InChI=1S/C13H16F3N3O2/c1-8(17)12(20)19-5-4-10(7-19)21-11-3-2-9(6-18-11)13(14,15)16/h2-3,6,8,10H,4-5,7,17H2,1H3/t8-,10+/m0/s1. The average molecular weight is 303 g/mol. The summed E-state index contributed by atoms with van der Waals surface area (Å²) in [5.41, 5.74) is 4.70. The maximum Gasteiger partial charge on any atom is 0.417 e. The number of ether oxygens (including phenoxy) is 1. The van der Waals surface area contributed by atoms with Gasteiger partial charge in [0.15, 0.2) is 0 Å². The molecule has 21 heavy (non-hydrogen) atoms. The summed E-state index contributed by atoms with van der Waals surface area (Å²) in [5, 5.41) is 0. The van der Waals surface area contributed by atoms with E-state index in [1.54, 1.807) is 11.8 Å². The fourth-order valence-electron chi connectivity index (χ4n) is 2.10. The van der Waals surface area contributed by atoms with E-state index in [4.69, 9.17) is 10.5 Å². The van der Waals surface area contributed by atoms with Gasteiger partial charge < -0.3 is 15.4 Å². The zero-order valence-electron chi connectivity index (χ0n) is 11.4. The molecule has 0 aliphatic carbocycles. The van der Waals surface area contributed by atoms with Crippen LogP contribution in [0.3, 0.4) is 0 Å². The molecule has 1 aromatic heterocycles. The Balaban J connectivity index is 1.93. The van der Waals surface area contributed by atoms with Crippen LogP contribution >= 0.6 is 0 Å². The van der Waals surface area contributed by atoms with Crippen LogP contribution in [0.5, 0.6) is 5.88 Å². The predicted molar refractivity (Wildman–Crippen MR) is 68.5 cm³/mol. The van der Waals surface area contributed by atoms with E-state index < -0.39 is 17.8 Å². The van der Waals surface area contributed by atoms with E-state index in [0.29, 0.717) is 19.5 Å². The molecule has 1 amide bonds. The van der Waals surface area contributed by atoms with Crippen molar-refractivity contribution in [1.82, 2.24) is 9.88 Å². The number of hydrogen-bond donors (Lipinski definition) is 1. The number of aromatic nitrogens is 1. The lowest BCUT2D eigenvalue weighted by atomic mass is 10.3. The van der Waals surface area contributed by atoms with E-state index in [0.717, 1.165) is 12.3 Å². The summed E-state index contributed by atoms with van der Waals surface area (Å²) in [6.45, 7) is 2.49. The Morgan fingerprint density at radius 3 is 2.76 bits per heavy atom. The molecule has 0 aromatic carbocycles. The first-order valence-electron chi connectivity index (χ1n) is 6.51. The molecule has 8 heteroatoms. The summed E-state index contributed by atoms with van der Waals surface area (Å²) in [6.07, 6.45) is -3.37. The Labute approximate surface area is 119 Å². The van der Waals surface area contributed by atoms with Gasteiger partial charge in [-0.3, -0.25) is 4.79 Å². The number of carbonyl (C=O) groups is 1. The average Bonchev–Trinajstić information content (AvgIpc) is 2.85. The zero-order chi connectivity index (χ0) is 15.6. The van der Waals surface area contributed by atoms with Gasteiger partial charge in [0, 0.05) is 25.2 Å². The van der Waals surface area contributed by atoms with E-state index in [1.165, 1.54) is 6.07 Å². The van der Waals surface area contributed by atoms with Gasteiger partial charge in [-0.2, -0.15) is 13.2 Å². The molecule has 1 aliphatic rings. The number of amides is 1. The number of pyridine rings is 1. The number of alkyl halides is 3. The van der Waals surface area contributed by atoms with E-state index in [1.807, 2.05) is 0 Å². The molecule has 1 aromatic rings. The first-order valence-corrected chi connectivity index (χ1v) is 6.51. The number of carbonyl (C=O) groups excluding carboxylic acids is 1. The van der Waals surface area contributed by atoms with Crippen molar-refractivity contribution in [3.05, 3.63) is 23.9 Å². The fraction of sp³-hybridized carbons (Fsp3) is 0.538. The van der Waals surface area contributed by atoms with Gasteiger partial charge in [-0.15, -0.1) is 0 Å². The highest BCUT2D eigenvalue weighted by atomic mass is 19.4. The van der Waals surface area contributed by atoms with Crippen molar-refractivity contribution in [2.24, 2.45) is 5.73 Å². The molecule has 0 spiro atoms. The highest BCUT2D eigenvalue weighted by Gasteiger charge is 2.32. The number of likely N-dealkylation sites (tertiary alicyclic amines) is 1. The Hall–Kier alpha value is -1.83. The maximum atomic E-state index is 12.4. The number of nitrogens with two attached hydrogens (primary N) is 1. The molecule has 2 rings (SSSR count). The molecule has 1 aliphatic heterocycles. The van der Waals surface area contributed by atoms with Crippen molar-refractivity contribution in [1.29, 1.82) is 0 Å². The smallest absolute Gasteiger partial charge is 0.417 e. The molecule has 0 radical (unpaired) electrons. The molecule has 0 bridgehead atoms. The Morgan fingerprint density at radius 2 is 2.24 bits per heavy atom. The summed E-state index contributed by atoms with van der Waals surface area (Å²) in [4.78, 5) is 16.9. The summed E-state index contributed by atoms with van der Waals surface area (Å²) < 4.78 is 42.7. The first kappa shape index (κ1) is 15.6. The lowest BCUT2D eigenvalue weighted by Crippen LogP contribution is -2.41. The van der Waals surface area contributed by atoms with Crippen LogP contribution in [-0.4, -0.2) is 41.0 Å². The van der Waals surface area contributed by atoms with Gasteiger partial charge in [0.05, 0.1) is 18.2 Å². The van der Waals surface area contributed by atoms with Gasteiger partial charge in [-0.25, -0.2) is 4.98 Å². The lowest BCUT2D eigenvalue weighted by Gasteiger charge is -2.18. The molecule has 0 saturated carbocycles. The molecule has 116 valence electrons. The van der Waals surface area contributed by atoms with Crippen LogP contribution in [0.15, 0.2) is 18.3 Å².